The van der Waals surface area contributed by atoms with Gasteiger partial charge in [-0.05, 0) is 45.4 Å². The fraction of sp³-hybridized carbons (Fsp3) is 0.533. The highest BCUT2D eigenvalue weighted by Gasteiger charge is 2.18. The summed E-state index contributed by atoms with van der Waals surface area (Å²) < 4.78 is 0. The van der Waals surface area contributed by atoms with Gasteiger partial charge < -0.3 is 5.11 Å². The summed E-state index contributed by atoms with van der Waals surface area (Å²) in [5, 5.41) is 19.0. The van der Waals surface area contributed by atoms with Crippen LogP contribution in [-0.2, 0) is 0 Å². The Hall–Kier alpha value is -1.37. The van der Waals surface area contributed by atoms with Crippen LogP contribution in [-0.4, -0.2) is 28.6 Å². The molecule has 18 heavy (non-hydrogen) atoms. The molecule has 98 valence electrons. The SMILES string of the molecule is CC(C)N(C[C@H](O)c1ccc(C#N)cc1)C(C)C. The molecule has 0 heterocycles. The highest BCUT2D eigenvalue weighted by atomic mass is 16.3. The van der Waals surface area contributed by atoms with Crippen molar-refractivity contribution in [1.82, 2.24) is 4.90 Å². The van der Waals surface area contributed by atoms with Gasteiger partial charge in [-0.2, -0.15) is 5.26 Å². The summed E-state index contributed by atoms with van der Waals surface area (Å²) in [6, 6.07) is 10.0. The maximum Gasteiger partial charge on any atom is 0.0991 e. The first-order chi connectivity index (χ1) is 8.45. The lowest BCUT2D eigenvalue weighted by atomic mass is 10.1. The number of aliphatic hydroxyl groups is 1. The van der Waals surface area contributed by atoms with Crippen LogP contribution in [0.15, 0.2) is 24.3 Å². The Morgan fingerprint density at radius 3 is 2.00 bits per heavy atom. The molecule has 0 spiro atoms. The molecule has 0 saturated carbocycles. The maximum atomic E-state index is 10.2. The highest BCUT2D eigenvalue weighted by Crippen LogP contribution is 2.17. The molecule has 1 atom stereocenters. The van der Waals surface area contributed by atoms with Crippen molar-refractivity contribution in [3.05, 3.63) is 35.4 Å². The standard InChI is InChI=1S/C15H22N2O/c1-11(2)17(12(3)4)10-15(18)14-7-5-13(9-16)6-8-14/h5-8,11-12,15,18H,10H2,1-4H3/t15-/m0/s1. The third-order valence-corrected chi connectivity index (χ3v) is 3.13. The molecule has 0 bridgehead atoms. The van der Waals surface area contributed by atoms with E-state index in [1.54, 1.807) is 12.1 Å². The second-order valence-corrected chi connectivity index (χ2v) is 5.13. The minimum absolute atomic E-state index is 0.401. The van der Waals surface area contributed by atoms with Gasteiger partial charge in [0, 0.05) is 18.6 Å². The van der Waals surface area contributed by atoms with Crippen molar-refractivity contribution in [3.8, 4) is 6.07 Å². The predicted molar refractivity (Wildman–Crippen MR) is 73.1 cm³/mol. The molecule has 0 aliphatic heterocycles. The van der Waals surface area contributed by atoms with Gasteiger partial charge >= 0.3 is 0 Å². The molecule has 1 rings (SSSR count). The number of nitrogens with zero attached hydrogens (tertiary/aromatic N) is 2. The van der Waals surface area contributed by atoms with Crippen molar-refractivity contribution in [2.75, 3.05) is 6.54 Å². The van der Waals surface area contributed by atoms with Gasteiger partial charge in [0.1, 0.15) is 0 Å². The van der Waals surface area contributed by atoms with Gasteiger partial charge in [-0.15, -0.1) is 0 Å². The molecule has 3 heteroatoms. The van der Waals surface area contributed by atoms with Gasteiger partial charge in [0.25, 0.3) is 0 Å². The molecule has 0 saturated heterocycles. The van der Waals surface area contributed by atoms with Gasteiger partial charge in [0.2, 0.25) is 0 Å². The summed E-state index contributed by atoms with van der Waals surface area (Å²) >= 11 is 0. The molecule has 0 aromatic heterocycles. The van der Waals surface area contributed by atoms with E-state index in [1.165, 1.54) is 0 Å². The first-order valence-corrected chi connectivity index (χ1v) is 6.39. The number of rotatable bonds is 5. The van der Waals surface area contributed by atoms with Crippen LogP contribution in [0.1, 0.15) is 44.9 Å². The van der Waals surface area contributed by atoms with Gasteiger partial charge in [0.05, 0.1) is 17.7 Å². The van der Waals surface area contributed by atoms with E-state index < -0.39 is 6.10 Å². The van der Waals surface area contributed by atoms with Gasteiger partial charge in [-0.1, -0.05) is 12.1 Å². The van der Waals surface area contributed by atoms with Crippen LogP contribution in [0, 0.1) is 11.3 Å². The van der Waals surface area contributed by atoms with E-state index in [-0.39, 0.29) is 0 Å². The molecule has 1 aromatic carbocycles. The van der Waals surface area contributed by atoms with Crippen LogP contribution in [0.5, 0.6) is 0 Å². The zero-order valence-corrected chi connectivity index (χ0v) is 11.6. The summed E-state index contributed by atoms with van der Waals surface area (Å²) in [6.07, 6.45) is -0.512. The van der Waals surface area contributed by atoms with Crippen LogP contribution in [0.3, 0.4) is 0 Å². The zero-order valence-electron chi connectivity index (χ0n) is 11.6. The largest absolute Gasteiger partial charge is 0.387 e. The van der Waals surface area contributed by atoms with Gasteiger partial charge in [0.15, 0.2) is 0 Å². The topological polar surface area (TPSA) is 47.3 Å². The van der Waals surface area contributed by atoms with E-state index in [4.69, 9.17) is 5.26 Å². The van der Waals surface area contributed by atoms with Crippen molar-refractivity contribution >= 4 is 0 Å². The summed E-state index contributed by atoms with van der Waals surface area (Å²) in [5.41, 5.74) is 1.48. The van der Waals surface area contributed by atoms with E-state index >= 15 is 0 Å². The molecule has 1 aromatic rings. The van der Waals surface area contributed by atoms with Crippen LogP contribution in [0.25, 0.3) is 0 Å². The highest BCUT2D eigenvalue weighted by molar-refractivity contribution is 5.32. The van der Waals surface area contributed by atoms with Crippen molar-refractivity contribution in [2.24, 2.45) is 0 Å². The average molecular weight is 246 g/mol. The predicted octanol–water partition coefficient (Wildman–Crippen LogP) is 2.71. The van der Waals surface area contributed by atoms with Crippen LogP contribution in [0.2, 0.25) is 0 Å². The summed E-state index contributed by atoms with van der Waals surface area (Å²) in [7, 11) is 0. The van der Waals surface area contributed by atoms with Gasteiger partial charge in [-0.3, -0.25) is 4.90 Å². The Bertz CT molecular complexity index is 395. The monoisotopic (exact) mass is 246 g/mol. The molecular weight excluding hydrogens is 224 g/mol. The van der Waals surface area contributed by atoms with E-state index in [1.807, 2.05) is 12.1 Å². The molecule has 0 fully saturated rings. The quantitative estimate of drug-likeness (QED) is 0.869. The molecule has 0 unspecified atom stereocenters. The number of benzene rings is 1. The van der Waals surface area contributed by atoms with Crippen molar-refractivity contribution in [3.63, 3.8) is 0 Å². The third-order valence-electron chi connectivity index (χ3n) is 3.13. The Labute approximate surface area is 110 Å². The second-order valence-electron chi connectivity index (χ2n) is 5.13. The summed E-state index contributed by atoms with van der Waals surface area (Å²) in [5.74, 6) is 0. The lowest BCUT2D eigenvalue weighted by molar-refractivity contribution is 0.0756. The fourth-order valence-electron chi connectivity index (χ4n) is 2.10. The summed E-state index contributed by atoms with van der Waals surface area (Å²) in [6.45, 7) is 9.13. The zero-order chi connectivity index (χ0) is 13.7. The van der Waals surface area contributed by atoms with Crippen molar-refractivity contribution in [2.45, 2.75) is 45.9 Å². The second kappa shape index (κ2) is 6.53. The minimum atomic E-state index is -0.512. The molecule has 1 N–H and O–H groups in total. The van der Waals surface area contributed by atoms with Crippen LogP contribution < -0.4 is 0 Å². The number of hydrogen-bond acceptors (Lipinski definition) is 3. The molecular formula is C15H22N2O. The van der Waals surface area contributed by atoms with Gasteiger partial charge in [-0.25, -0.2) is 0 Å². The third kappa shape index (κ3) is 3.83. The van der Waals surface area contributed by atoms with E-state index in [0.717, 1.165) is 5.56 Å². The Morgan fingerprint density at radius 2 is 1.61 bits per heavy atom. The lowest BCUT2D eigenvalue weighted by Gasteiger charge is -2.32. The molecule has 0 amide bonds. The number of hydrogen-bond donors (Lipinski definition) is 1. The maximum absolute atomic E-state index is 10.2. The number of nitriles is 1. The minimum Gasteiger partial charge on any atom is -0.387 e. The fourth-order valence-corrected chi connectivity index (χ4v) is 2.10. The molecule has 3 nitrogen and oxygen atoms in total. The Morgan fingerprint density at radius 1 is 1.11 bits per heavy atom. The van der Waals surface area contributed by atoms with Crippen molar-refractivity contribution < 1.29 is 5.11 Å². The Kier molecular flexibility index (Phi) is 5.33. The smallest absolute Gasteiger partial charge is 0.0991 e. The van der Waals surface area contributed by atoms with E-state index in [0.29, 0.717) is 24.2 Å². The molecule has 0 aliphatic carbocycles. The molecule has 0 aliphatic rings. The first-order valence-electron chi connectivity index (χ1n) is 6.39. The van der Waals surface area contributed by atoms with Crippen LogP contribution in [0.4, 0.5) is 0 Å². The Balaban J connectivity index is 2.74. The molecule has 0 radical (unpaired) electrons. The van der Waals surface area contributed by atoms with E-state index in [9.17, 15) is 5.11 Å². The number of aliphatic hydroxyl groups excluding tert-OH is 1. The van der Waals surface area contributed by atoms with E-state index in [2.05, 4.69) is 38.7 Å². The average Bonchev–Trinajstić information content (AvgIpc) is 2.35. The lowest BCUT2D eigenvalue weighted by Crippen LogP contribution is -2.39. The van der Waals surface area contributed by atoms with Crippen LogP contribution >= 0.6 is 0 Å². The first kappa shape index (κ1) is 14.7. The van der Waals surface area contributed by atoms with Crippen molar-refractivity contribution in [1.29, 1.82) is 5.26 Å². The normalized spacial score (nSPS) is 13.1. The summed E-state index contributed by atoms with van der Waals surface area (Å²) in [4.78, 5) is 2.25.